The van der Waals surface area contributed by atoms with Crippen LogP contribution in [0.1, 0.15) is 40.3 Å². The molecular weight excluding hydrogens is 532 g/mol. The smallest absolute Gasteiger partial charge is 0.250 e. The number of amides is 1. The van der Waals surface area contributed by atoms with E-state index >= 15 is 0 Å². The number of pyridine rings is 2. The number of carbonyl (C=O) groups is 1. The van der Waals surface area contributed by atoms with Crippen LogP contribution in [0.25, 0.3) is 5.82 Å². The maximum Gasteiger partial charge on any atom is 0.250 e. The number of methoxy groups -OCH3 is 1. The lowest BCUT2D eigenvalue weighted by Gasteiger charge is -2.28. The minimum Gasteiger partial charge on any atom is -0.375 e. The standard InChI is InChI=1S/C29H29ClN6O2S/c1-17-8-11-25(32-15-17)35-18(2)13-21(19(35)3)28-27(24-7-5-6-12-31-24)34-29(39)36(28)20-9-10-23(22(30)14-20)33-26(37)16-38-4/h5-15,27-28H,16H2,1-4H3,(H,33,37)(H,34,39)/t27-,28+/m1/s1. The second-order valence-electron chi connectivity index (χ2n) is 9.50. The van der Waals surface area contributed by atoms with Crippen molar-refractivity contribution in [2.45, 2.75) is 32.9 Å². The number of anilines is 2. The highest BCUT2D eigenvalue weighted by Gasteiger charge is 2.42. The van der Waals surface area contributed by atoms with Crippen LogP contribution in [0.4, 0.5) is 11.4 Å². The molecule has 0 unspecified atom stereocenters. The van der Waals surface area contributed by atoms with Crippen molar-refractivity contribution in [3.8, 4) is 5.82 Å². The predicted molar refractivity (Wildman–Crippen MR) is 158 cm³/mol. The molecule has 0 saturated carbocycles. The molecule has 1 aromatic carbocycles. The molecule has 0 radical (unpaired) electrons. The molecule has 5 rings (SSSR count). The predicted octanol–water partition coefficient (Wildman–Crippen LogP) is 5.61. The topological polar surface area (TPSA) is 84.3 Å². The molecule has 0 bridgehead atoms. The number of aromatic nitrogens is 3. The first kappa shape index (κ1) is 26.8. The molecule has 4 heterocycles. The molecule has 1 amide bonds. The second kappa shape index (κ2) is 11.1. The zero-order valence-corrected chi connectivity index (χ0v) is 23.7. The quantitative estimate of drug-likeness (QED) is 0.284. The van der Waals surface area contributed by atoms with Crippen LogP contribution in [0, 0.1) is 20.8 Å². The van der Waals surface area contributed by atoms with Gasteiger partial charge in [0.05, 0.1) is 28.5 Å². The van der Waals surface area contributed by atoms with Gasteiger partial charge in [-0.15, -0.1) is 0 Å². The fourth-order valence-corrected chi connectivity index (χ4v) is 5.62. The molecule has 0 spiro atoms. The van der Waals surface area contributed by atoms with Crippen molar-refractivity contribution in [2.24, 2.45) is 0 Å². The lowest BCUT2D eigenvalue weighted by atomic mass is 9.96. The summed E-state index contributed by atoms with van der Waals surface area (Å²) in [7, 11) is 1.47. The van der Waals surface area contributed by atoms with E-state index in [1.54, 1.807) is 12.3 Å². The molecule has 0 aliphatic carbocycles. The zero-order chi connectivity index (χ0) is 27.7. The van der Waals surface area contributed by atoms with Gasteiger partial charge in [-0.05, 0) is 86.6 Å². The van der Waals surface area contributed by atoms with Gasteiger partial charge in [0.15, 0.2) is 5.11 Å². The summed E-state index contributed by atoms with van der Waals surface area (Å²) in [5.74, 6) is 0.575. The van der Waals surface area contributed by atoms with Crippen LogP contribution in [-0.2, 0) is 9.53 Å². The Balaban J connectivity index is 1.60. The average Bonchev–Trinajstić information content (AvgIpc) is 3.41. The number of hydrogen-bond donors (Lipinski definition) is 2. The monoisotopic (exact) mass is 560 g/mol. The summed E-state index contributed by atoms with van der Waals surface area (Å²) in [5.41, 5.74) is 6.48. The number of halogens is 1. The Morgan fingerprint density at radius 3 is 2.62 bits per heavy atom. The van der Waals surface area contributed by atoms with E-state index < -0.39 is 0 Å². The first-order valence-corrected chi connectivity index (χ1v) is 13.3. The number of ether oxygens (including phenoxy) is 1. The normalized spacial score (nSPS) is 16.8. The van der Waals surface area contributed by atoms with Crippen LogP contribution in [0.15, 0.2) is 67.0 Å². The summed E-state index contributed by atoms with van der Waals surface area (Å²) in [6, 6.07) is 17.2. The molecule has 200 valence electrons. The molecule has 8 nitrogen and oxygen atoms in total. The number of aryl methyl sites for hydroxylation is 2. The summed E-state index contributed by atoms with van der Waals surface area (Å²) in [5, 5.41) is 7.22. The van der Waals surface area contributed by atoms with E-state index in [1.165, 1.54) is 7.11 Å². The van der Waals surface area contributed by atoms with Crippen molar-refractivity contribution in [3.05, 3.63) is 100 Å². The largest absolute Gasteiger partial charge is 0.375 e. The van der Waals surface area contributed by atoms with Crippen LogP contribution >= 0.6 is 23.8 Å². The second-order valence-corrected chi connectivity index (χ2v) is 10.3. The van der Waals surface area contributed by atoms with E-state index in [0.29, 0.717) is 15.8 Å². The van der Waals surface area contributed by atoms with Crippen LogP contribution in [-0.4, -0.2) is 39.3 Å². The SMILES string of the molecule is COCC(=O)Nc1ccc(N2C(=S)N[C@H](c3ccccn3)[C@@H]2c2cc(C)n(-c3ccc(C)cn3)c2C)cc1Cl. The Hall–Kier alpha value is -3.79. The fraction of sp³-hybridized carbons (Fsp3) is 0.241. The molecule has 2 N–H and O–H groups in total. The van der Waals surface area contributed by atoms with Gasteiger partial charge in [0.25, 0.3) is 0 Å². The molecule has 4 aromatic rings. The lowest BCUT2D eigenvalue weighted by molar-refractivity contribution is -0.119. The van der Waals surface area contributed by atoms with E-state index in [2.05, 4.69) is 56.0 Å². The van der Waals surface area contributed by atoms with Gasteiger partial charge in [0.1, 0.15) is 12.4 Å². The van der Waals surface area contributed by atoms with Gasteiger partial charge in [0.2, 0.25) is 5.91 Å². The fourth-order valence-electron chi connectivity index (χ4n) is 5.05. The molecule has 1 aliphatic heterocycles. The van der Waals surface area contributed by atoms with E-state index in [1.807, 2.05) is 49.5 Å². The number of benzene rings is 1. The maximum atomic E-state index is 12.1. The summed E-state index contributed by atoms with van der Waals surface area (Å²) in [6.45, 7) is 6.14. The van der Waals surface area contributed by atoms with Crippen molar-refractivity contribution in [2.75, 3.05) is 23.9 Å². The van der Waals surface area contributed by atoms with Crippen molar-refractivity contribution < 1.29 is 9.53 Å². The third kappa shape index (κ3) is 5.25. The van der Waals surface area contributed by atoms with Crippen LogP contribution in [0.3, 0.4) is 0 Å². The molecule has 1 saturated heterocycles. The van der Waals surface area contributed by atoms with Gasteiger partial charge >= 0.3 is 0 Å². The third-order valence-corrected chi connectivity index (χ3v) is 7.42. The molecule has 2 atom stereocenters. The van der Waals surface area contributed by atoms with Crippen LogP contribution < -0.4 is 15.5 Å². The third-order valence-electron chi connectivity index (χ3n) is 6.79. The average molecular weight is 561 g/mol. The van der Waals surface area contributed by atoms with Gasteiger partial charge in [0, 0.05) is 36.6 Å². The minimum atomic E-state index is -0.282. The van der Waals surface area contributed by atoms with Crippen molar-refractivity contribution in [3.63, 3.8) is 0 Å². The molecule has 3 aromatic heterocycles. The van der Waals surface area contributed by atoms with E-state index in [-0.39, 0.29) is 24.6 Å². The van der Waals surface area contributed by atoms with Crippen molar-refractivity contribution >= 4 is 46.2 Å². The molecule has 39 heavy (non-hydrogen) atoms. The summed E-state index contributed by atoms with van der Waals surface area (Å²) >= 11 is 12.5. The lowest BCUT2D eigenvalue weighted by Crippen LogP contribution is -2.29. The van der Waals surface area contributed by atoms with Gasteiger partial charge < -0.3 is 24.8 Å². The van der Waals surface area contributed by atoms with E-state index in [4.69, 9.17) is 28.6 Å². The maximum absolute atomic E-state index is 12.1. The van der Waals surface area contributed by atoms with Gasteiger partial charge in [-0.2, -0.15) is 0 Å². The van der Waals surface area contributed by atoms with E-state index in [0.717, 1.165) is 39.7 Å². The molecule has 1 aliphatic rings. The first-order chi connectivity index (χ1) is 18.8. The Morgan fingerprint density at radius 1 is 1.13 bits per heavy atom. The summed E-state index contributed by atoms with van der Waals surface area (Å²) < 4.78 is 7.07. The zero-order valence-electron chi connectivity index (χ0n) is 22.1. The van der Waals surface area contributed by atoms with Crippen molar-refractivity contribution in [1.29, 1.82) is 0 Å². The first-order valence-electron chi connectivity index (χ1n) is 12.5. The van der Waals surface area contributed by atoms with Gasteiger partial charge in [-0.25, -0.2) is 4.98 Å². The number of hydrogen-bond acceptors (Lipinski definition) is 5. The number of nitrogens with zero attached hydrogens (tertiary/aromatic N) is 4. The Labute approximate surface area is 238 Å². The number of nitrogens with one attached hydrogen (secondary N) is 2. The number of thiocarbonyl (C=S) groups is 1. The highest BCUT2D eigenvalue weighted by Crippen LogP contribution is 2.44. The van der Waals surface area contributed by atoms with Crippen molar-refractivity contribution in [1.82, 2.24) is 19.9 Å². The Kier molecular flexibility index (Phi) is 7.65. The van der Waals surface area contributed by atoms with Gasteiger partial charge in [-0.3, -0.25) is 9.78 Å². The summed E-state index contributed by atoms with van der Waals surface area (Å²) in [6.07, 6.45) is 3.66. The van der Waals surface area contributed by atoms with Gasteiger partial charge in [-0.1, -0.05) is 23.7 Å². The number of carbonyl (C=O) groups excluding carboxylic acids is 1. The number of rotatable bonds is 7. The highest BCUT2D eigenvalue weighted by molar-refractivity contribution is 7.80. The molecule has 10 heteroatoms. The Morgan fingerprint density at radius 2 is 1.95 bits per heavy atom. The highest BCUT2D eigenvalue weighted by atomic mass is 35.5. The van der Waals surface area contributed by atoms with E-state index in [9.17, 15) is 4.79 Å². The minimum absolute atomic E-state index is 0.0580. The molecule has 1 fully saturated rings. The Bertz CT molecular complexity index is 1520. The van der Waals surface area contributed by atoms with Crippen LogP contribution in [0.5, 0.6) is 0 Å². The summed E-state index contributed by atoms with van der Waals surface area (Å²) in [4.78, 5) is 23.4. The molecular formula is C29H29ClN6O2S. The van der Waals surface area contributed by atoms with Crippen LogP contribution in [0.2, 0.25) is 5.02 Å².